The summed E-state index contributed by atoms with van der Waals surface area (Å²) in [5, 5.41) is 9.51. The lowest BCUT2D eigenvalue weighted by atomic mass is 9.88. The standard InChI is InChI=1S/C12H16F6O/c13-11(14,15)10(12(16,17)18)9(19)8-6-4-2-1-3-5-7-8/h6,9-10,19H,1-5,7H2. The smallest absolute Gasteiger partial charge is 0.388 e. The van der Waals surface area contributed by atoms with E-state index in [1.54, 1.807) is 0 Å². The molecule has 1 aliphatic carbocycles. The molecule has 1 unspecified atom stereocenters. The molecule has 0 aromatic heterocycles. The monoisotopic (exact) mass is 290 g/mol. The molecule has 0 aromatic rings. The molecule has 0 aromatic carbocycles. The molecule has 0 fully saturated rings. The van der Waals surface area contributed by atoms with Gasteiger partial charge in [0.05, 0.1) is 6.10 Å². The Morgan fingerprint density at radius 1 is 0.895 bits per heavy atom. The third-order valence-electron chi connectivity index (χ3n) is 3.23. The molecule has 1 atom stereocenters. The quantitative estimate of drug-likeness (QED) is 0.591. The Hall–Kier alpha value is -0.720. The van der Waals surface area contributed by atoms with E-state index in [1.165, 1.54) is 6.08 Å². The second-order valence-corrected chi connectivity index (χ2v) is 4.74. The third kappa shape index (κ3) is 4.71. The molecule has 0 aliphatic heterocycles. The molecular weight excluding hydrogens is 274 g/mol. The molecule has 0 heterocycles. The van der Waals surface area contributed by atoms with Crippen molar-refractivity contribution in [2.24, 2.45) is 5.92 Å². The highest BCUT2D eigenvalue weighted by atomic mass is 19.4. The lowest BCUT2D eigenvalue weighted by Gasteiger charge is -2.29. The van der Waals surface area contributed by atoms with Gasteiger partial charge in [-0.05, 0) is 31.3 Å². The van der Waals surface area contributed by atoms with Crippen LogP contribution in [-0.4, -0.2) is 23.6 Å². The maximum atomic E-state index is 12.5. The largest absolute Gasteiger partial charge is 0.403 e. The van der Waals surface area contributed by atoms with Gasteiger partial charge in [-0.2, -0.15) is 26.3 Å². The number of hydrogen-bond donors (Lipinski definition) is 1. The summed E-state index contributed by atoms with van der Waals surface area (Å²) >= 11 is 0. The van der Waals surface area contributed by atoms with E-state index in [0.717, 1.165) is 19.3 Å². The van der Waals surface area contributed by atoms with E-state index >= 15 is 0 Å². The molecule has 1 N–H and O–H groups in total. The molecule has 0 amide bonds. The zero-order valence-corrected chi connectivity index (χ0v) is 10.2. The first-order valence-corrected chi connectivity index (χ1v) is 6.14. The van der Waals surface area contributed by atoms with Gasteiger partial charge >= 0.3 is 12.4 Å². The Bertz CT molecular complexity index is 303. The van der Waals surface area contributed by atoms with Crippen molar-refractivity contribution < 1.29 is 31.4 Å². The minimum atomic E-state index is -5.50. The maximum Gasteiger partial charge on any atom is 0.403 e. The van der Waals surface area contributed by atoms with Crippen LogP contribution in [0.25, 0.3) is 0 Å². The van der Waals surface area contributed by atoms with E-state index in [4.69, 9.17) is 0 Å². The number of rotatable bonds is 2. The van der Waals surface area contributed by atoms with E-state index in [0.29, 0.717) is 12.8 Å². The summed E-state index contributed by atoms with van der Waals surface area (Å²) in [7, 11) is 0. The van der Waals surface area contributed by atoms with Crippen LogP contribution in [0.5, 0.6) is 0 Å². The Labute approximate surface area is 107 Å². The molecule has 0 spiro atoms. The minimum absolute atomic E-state index is 0.0871. The summed E-state index contributed by atoms with van der Waals surface area (Å²) in [6.45, 7) is 0. The van der Waals surface area contributed by atoms with Crippen molar-refractivity contribution in [3.63, 3.8) is 0 Å². The fourth-order valence-electron chi connectivity index (χ4n) is 2.24. The molecule has 19 heavy (non-hydrogen) atoms. The van der Waals surface area contributed by atoms with Crippen LogP contribution in [0.3, 0.4) is 0 Å². The number of aliphatic hydroxyl groups is 1. The molecule has 1 rings (SSSR count). The molecule has 112 valence electrons. The van der Waals surface area contributed by atoms with Crippen molar-refractivity contribution in [2.75, 3.05) is 0 Å². The van der Waals surface area contributed by atoms with Crippen molar-refractivity contribution in [1.29, 1.82) is 0 Å². The maximum absolute atomic E-state index is 12.5. The highest BCUT2D eigenvalue weighted by molar-refractivity contribution is 5.12. The van der Waals surface area contributed by atoms with Crippen LogP contribution in [-0.2, 0) is 0 Å². The Morgan fingerprint density at radius 3 is 1.95 bits per heavy atom. The summed E-state index contributed by atoms with van der Waals surface area (Å²) < 4.78 is 75.0. The zero-order chi connectivity index (χ0) is 14.7. The molecule has 1 nitrogen and oxygen atoms in total. The van der Waals surface area contributed by atoms with Crippen molar-refractivity contribution in [1.82, 2.24) is 0 Å². The summed E-state index contributed by atoms with van der Waals surface area (Å²) in [5.74, 6) is -3.70. The van der Waals surface area contributed by atoms with Crippen molar-refractivity contribution >= 4 is 0 Å². The molecule has 0 bridgehead atoms. The van der Waals surface area contributed by atoms with E-state index in [9.17, 15) is 31.4 Å². The van der Waals surface area contributed by atoms with E-state index in [1.807, 2.05) is 0 Å². The van der Waals surface area contributed by atoms with Gasteiger partial charge in [0.25, 0.3) is 0 Å². The van der Waals surface area contributed by atoms with Crippen LogP contribution in [0.2, 0.25) is 0 Å². The van der Waals surface area contributed by atoms with E-state index in [2.05, 4.69) is 0 Å². The average molecular weight is 290 g/mol. The van der Waals surface area contributed by atoms with Crippen molar-refractivity contribution in [3.05, 3.63) is 11.6 Å². The number of hydrogen-bond acceptors (Lipinski definition) is 1. The van der Waals surface area contributed by atoms with Crippen LogP contribution in [0, 0.1) is 5.92 Å². The number of aliphatic hydroxyl groups excluding tert-OH is 1. The first kappa shape index (κ1) is 16.3. The van der Waals surface area contributed by atoms with Gasteiger partial charge < -0.3 is 5.11 Å². The summed E-state index contributed by atoms with van der Waals surface area (Å²) in [5.41, 5.74) is -0.139. The van der Waals surface area contributed by atoms with Gasteiger partial charge in [0.1, 0.15) is 0 Å². The third-order valence-corrected chi connectivity index (χ3v) is 3.23. The molecule has 0 radical (unpaired) electrons. The first-order valence-electron chi connectivity index (χ1n) is 6.14. The topological polar surface area (TPSA) is 20.2 Å². The van der Waals surface area contributed by atoms with Gasteiger partial charge in [0.2, 0.25) is 0 Å². The van der Waals surface area contributed by atoms with Crippen LogP contribution >= 0.6 is 0 Å². The van der Waals surface area contributed by atoms with Crippen LogP contribution in [0.1, 0.15) is 38.5 Å². The number of allylic oxidation sites excluding steroid dienone is 1. The first-order chi connectivity index (χ1) is 8.64. The Kier molecular flexibility index (Phi) is 5.29. The fraction of sp³-hybridized carbons (Fsp3) is 0.833. The molecule has 0 saturated carbocycles. The van der Waals surface area contributed by atoms with E-state index < -0.39 is 24.4 Å². The highest BCUT2D eigenvalue weighted by Crippen LogP contribution is 2.43. The Morgan fingerprint density at radius 2 is 1.42 bits per heavy atom. The van der Waals surface area contributed by atoms with Gasteiger partial charge in [-0.1, -0.05) is 18.9 Å². The van der Waals surface area contributed by atoms with Crippen LogP contribution in [0.4, 0.5) is 26.3 Å². The lowest BCUT2D eigenvalue weighted by molar-refractivity contribution is -0.302. The second-order valence-electron chi connectivity index (χ2n) is 4.74. The predicted molar refractivity (Wildman–Crippen MR) is 57.4 cm³/mol. The van der Waals surface area contributed by atoms with Gasteiger partial charge in [0.15, 0.2) is 5.92 Å². The minimum Gasteiger partial charge on any atom is -0.388 e. The lowest BCUT2D eigenvalue weighted by Crippen LogP contribution is -2.45. The highest BCUT2D eigenvalue weighted by Gasteiger charge is 2.60. The summed E-state index contributed by atoms with van der Waals surface area (Å²) in [6, 6.07) is 0. The number of alkyl halides is 6. The zero-order valence-electron chi connectivity index (χ0n) is 10.2. The molecule has 0 saturated heterocycles. The second kappa shape index (κ2) is 6.15. The van der Waals surface area contributed by atoms with Gasteiger partial charge in [-0.25, -0.2) is 0 Å². The summed E-state index contributed by atoms with van der Waals surface area (Å²) in [4.78, 5) is 0. The van der Waals surface area contributed by atoms with Crippen LogP contribution < -0.4 is 0 Å². The predicted octanol–water partition coefficient (Wildman–Crippen LogP) is 4.37. The number of halogens is 6. The molecule has 1 aliphatic rings. The van der Waals surface area contributed by atoms with Gasteiger partial charge in [-0.15, -0.1) is 0 Å². The SMILES string of the molecule is OC(C1=CCCCCCC1)C(C(F)(F)F)C(F)(F)F. The Balaban J connectivity index is 2.95. The average Bonchev–Trinajstić information content (AvgIpc) is 2.10. The fourth-order valence-corrected chi connectivity index (χ4v) is 2.24. The normalized spacial score (nSPS) is 20.7. The molecule has 7 heteroatoms. The molecular formula is C12H16F6O. The van der Waals surface area contributed by atoms with Gasteiger partial charge in [-0.3, -0.25) is 0 Å². The van der Waals surface area contributed by atoms with Crippen molar-refractivity contribution in [3.8, 4) is 0 Å². The van der Waals surface area contributed by atoms with Crippen LogP contribution in [0.15, 0.2) is 11.6 Å². The summed E-state index contributed by atoms with van der Waals surface area (Å²) in [6.07, 6.45) is -8.81. The van der Waals surface area contributed by atoms with Crippen molar-refractivity contribution in [2.45, 2.75) is 57.0 Å². The van der Waals surface area contributed by atoms with Gasteiger partial charge in [0, 0.05) is 0 Å². The van der Waals surface area contributed by atoms with E-state index in [-0.39, 0.29) is 12.0 Å².